The summed E-state index contributed by atoms with van der Waals surface area (Å²) in [6, 6.07) is 14.8. The van der Waals surface area contributed by atoms with Gasteiger partial charge in [-0.2, -0.15) is 0 Å². The quantitative estimate of drug-likeness (QED) is 0.746. The first-order valence-electron chi connectivity index (χ1n) is 7.17. The second-order valence-corrected chi connectivity index (χ2v) is 6.44. The van der Waals surface area contributed by atoms with Gasteiger partial charge in [0.25, 0.3) is 5.91 Å². The lowest BCUT2D eigenvalue weighted by molar-refractivity contribution is 0.0951. The fourth-order valence-corrected chi connectivity index (χ4v) is 3.22. The largest absolute Gasteiger partial charge is 0.348 e. The van der Waals surface area contributed by atoms with Crippen LogP contribution in [0.2, 0.25) is 5.02 Å². The molecule has 0 bridgehead atoms. The van der Waals surface area contributed by atoms with Gasteiger partial charge in [0, 0.05) is 33.8 Å². The minimum absolute atomic E-state index is 0.119. The summed E-state index contributed by atoms with van der Waals surface area (Å²) < 4.78 is 0. The topological polar surface area (TPSA) is 42.0 Å². The molecule has 0 spiro atoms. The molecule has 23 heavy (non-hydrogen) atoms. The predicted octanol–water partition coefficient (Wildman–Crippen LogP) is 4.70. The lowest BCUT2D eigenvalue weighted by atomic mass is 10.1. The van der Waals surface area contributed by atoms with Gasteiger partial charge in [-0.05, 0) is 36.8 Å². The maximum atomic E-state index is 12.2. The Labute approximate surface area is 144 Å². The first kappa shape index (κ1) is 15.7. The van der Waals surface area contributed by atoms with Crippen molar-refractivity contribution in [1.29, 1.82) is 0 Å². The van der Waals surface area contributed by atoms with Crippen LogP contribution in [0.25, 0.3) is 10.6 Å². The second-order valence-electron chi connectivity index (χ2n) is 5.14. The van der Waals surface area contributed by atoms with Crippen molar-refractivity contribution in [3.8, 4) is 10.6 Å². The Hall–Kier alpha value is -2.17. The van der Waals surface area contributed by atoms with Gasteiger partial charge in [0.1, 0.15) is 5.01 Å². The molecule has 116 valence electrons. The van der Waals surface area contributed by atoms with Crippen LogP contribution in [-0.2, 0) is 6.54 Å². The fourth-order valence-electron chi connectivity index (χ4n) is 2.24. The number of amides is 1. The van der Waals surface area contributed by atoms with Gasteiger partial charge in [-0.3, -0.25) is 4.79 Å². The number of carbonyl (C=O) groups excluding carboxylic acids is 1. The Kier molecular flexibility index (Phi) is 4.74. The zero-order valence-electron chi connectivity index (χ0n) is 12.5. The first-order valence-corrected chi connectivity index (χ1v) is 8.43. The Morgan fingerprint density at radius 2 is 1.91 bits per heavy atom. The van der Waals surface area contributed by atoms with E-state index in [0.717, 1.165) is 21.8 Å². The number of rotatable bonds is 4. The number of thiazole rings is 1. The summed E-state index contributed by atoms with van der Waals surface area (Å²) in [7, 11) is 0. The minimum Gasteiger partial charge on any atom is -0.348 e. The van der Waals surface area contributed by atoms with Crippen molar-refractivity contribution < 1.29 is 4.79 Å². The number of halogens is 1. The summed E-state index contributed by atoms with van der Waals surface area (Å²) in [5.74, 6) is -0.119. The highest BCUT2D eigenvalue weighted by Gasteiger charge is 2.10. The molecule has 1 amide bonds. The van der Waals surface area contributed by atoms with Gasteiger partial charge in [0.15, 0.2) is 0 Å². The van der Waals surface area contributed by atoms with E-state index in [1.54, 1.807) is 35.6 Å². The van der Waals surface area contributed by atoms with Crippen LogP contribution in [0.5, 0.6) is 0 Å². The average Bonchev–Trinajstić information content (AvgIpc) is 3.00. The normalized spacial score (nSPS) is 10.5. The molecule has 0 aliphatic rings. The maximum Gasteiger partial charge on any atom is 0.251 e. The summed E-state index contributed by atoms with van der Waals surface area (Å²) in [5.41, 5.74) is 3.70. The summed E-state index contributed by atoms with van der Waals surface area (Å²) in [5, 5.41) is 6.56. The van der Waals surface area contributed by atoms with Gasteiger partial charge in [-0.1, -0.05) is 35.9 Å². The van der Waals surface area contributed by atoms with E-state index in [1.165, 1.54) is 0 Å². The minimum atomic E-state index is -0.119. The van der Waals surface area contributed by atoms with Crippen molar-refractivity contribution in [1.82, 2.24) is 10.3 Å². The maximum absolute atomic E-state index is 12.2. The number of nitrogens with zero attached hydrogens (tertiary/aromatic N) is 1. The van der Waals surface area contributed by atoms with Crippen molar-refractivity contribution in [2.75, 3.05) is 0 Å². The number of aromatic nitrogens is 1. The predicted molar refractivity (Wildman–Crippen MR) is 94.9 cm³/mol. The molecule has 0 aliphatic carbocycles. The third-order valence-corrected chi connectivity index (χ3v) is 4.66. The second kappa shape index (κ2) is 6.94. The van der Waals surface area contributed by atoms with Crippen LogP contribution < -0.4 is 5.32 Å². The van der Waals surface area contributed by atoms with Gasteiger partial charge < -0.3 is 5.32 Å². The molecule has 0 unspecified atom stereocenters. The Morgan fingerprint density at radius 3 is 2.61 bits per heavy atom. The molecule has 3 nitrogen and oxygen atoms in total. The number of benzene rings is 2. The molecule has 0 fully saturated rings. The molecular formula is C18H15ClN2OS. The van der Waals surface area contributed by atoms with Gasteiger partial charge in [-0.15, -0.1) is 11.3 Å². The van der Waals surface area contributed by atoms with Crippen LogP contribution in [0.15, 0.2) is 53.9 Å². The zero-order chi connectivity index (χ0) is 16.2. The van der Waals surface area contributed by atoms with Crippen LogP contribution in [0.4, 0.5) is 0 Å². The summed E-state index contributed by atoms with van der Waals surface area (Å²) in [6.45, 7) is 2.43. The van der Waals surface area contributed by atoms with Gasteiger partial charge in [0.2, 0.25) is 0 Å². The molecule has 0 atom stereocenters. The van der Waals surface area contributed by atoms with Crippen molar-refractivity contribution in [3.05, 3.63) is 75.8 Å². The molecule has 0 radical (unpaired) electrons. The van der Waals surface area contributed by atoms with E-state index in [9.17, 15) is 4.79 Å². The van der Waals surface area contributed by atoms with Crippen molar-refractivity contribution in [3.63, 3.8) is 0 Å². The van der Waals surface area contributed by atoms with E-state index < -0.39 is 0 Å². The highest BCUT2D eigenvalue weighted by atomic mass is 35.5. The molecule has 1 aromatic heterocycles. The van der Waals surface area contributed by atoms with Gasteiger partial charge in [-0.25, -0.2) is 4.98 Å². The van der Waals surface area contributed by atoms with Crippen LogP contribution in [-0.4, -0.2) is 10.9 Å². The van der Waals surface area contributed by atoms with E-state index >= 15 is 0 Å². The Balaban J connectivity index is 1.76. The van der Waals surface area contributed by atoms with Gasteiger partial charge >= 0.3 is 0 Å². The smallest absolute Gasteiger partial charge is 0.251 e. The van der Waals surface area contributed by atoms with Crippen LogP contribution in [0.3, 0.4) is 0 Å². The SMILES string of the molecule is Cc1csc(-c2ccccc2CNC(=O)c2ccc(Cl)cc2)n1. The first-order chi connectivity index (χ1) is 11.1. The summed E-state index contributed by atoms with van der Waals surface area (Å²) in [6.07, 6.45) is 0. The molecule has 3 aromatic rings. The fraction of sp³-hybridized carbons (Fsp3) is 0.111. The van der Waals surface area contributed by atoms with E-state index in [1.807, 2.05) is 36.6 Å². The van der Waals surface area contributed by atoms with E-state index in [-0.39, 0.29) is 5.91 Å². The van der Waals surface area contributed by atoms with E-state index in [2.05, 4.69) is 10.3 Å². The van der Waals surface area contributed by atoms with Crippen molar-refractivity contribution in [2.45, 2.75) is 13.5 Å². The molecule has 0 aliphatic heterocycles. The van der Waals surface area contributed by atoms with E-state index in [4.69, 9.17) is 11.6 Å². The molecule has 1 N–H and O–H groups in total. The standard InChI is InChI=1S/C18H15ClN2OS/c1-12-11-23-18(21-12)16-5-3-2-4-14(16)10-20-17(22)13-6-8-15(19)9-7-13/h2-9,11H,10H2,1H3,(H,20,22). The molecule has 2 aromatic carbocycles. The number of carbonyl (C=O) groups is 1. The molecule has 0 saturated heterocycles. The van der Waals surface area contributed by atoms with Crippen LogP contribution >= 0.6 is 22.9 Å². The van der Waals surface area contributed by atoms with Crippen LogP contribution in [0.1, 0.15) is 21.6 Å². The van der Waals surface area contributed by atoms with Crippen LogP contribution in [0, 0.1) is 6.92 Å². The van der Waals surface area contributed by atoms with Crippen molar-refractivity contribution in [2.24, 2.45) is 0 Å². The van der Waals surface area contributed by atoms with Crippen molar-refractivity contribution >= 4 is 28.8 Å². The molecular weight excluding hydrogens is 328 g/mol. The monoisotopic (exact) mass is 342 g/mol. The molecule has 5 heteroatoms. The van der Waals surface area contributed by atoms with E-state index in [0.29, 0.717) is 17.1 Å². The number of hydrogen-bond acceptors (Lipinski definition) is 3. The van der Waals surface area contributed by atoms with Gasteiger partial charge in [0.05, 0.1) is 0 Å². The lowest BCUT2D eigenvalue weighted by Crippen LogP contribution is -2.23. The average molecular weight is 343 g/mol. The number of aryl methyl sites for hydroxylation is 1. The highest BCUT2D eigenvalue weighted by Crippen LogP contribution is 2.26. The lowest BCUT2D eigenvalue weighted by Gasteiger charge is -2.09. The third kappa shape index (κ3) is 3.78. The summed E-state index contributed by atoms with van der Waals surface area (Å²) in [4.78, 5) is 16.7. The summed E-state index contributed by atoms with van der Waals surface area (Å²) >= 11 is 7.45. The number of hydrogen-bond donors (Lipinski definition) is 1. The zero-order valence-corrected chi connectivity index (χ0v) is 14.1. The molecule has 1 heterocycles. The highest BCUT2D eigenvalue weighted by molar-refractivity contribution is 7.13. The Bertz CT molecular complexity index is 827. The molecule has 0 saturated carbocycles. The Morgan fingerprint density at radius 1 is 1.17 bits per heavy atom. The third-order valence-electron chi connectivity index (χ3n) is 3.41. The number of nitrogens with one attached hydrogen (secondary N) is 1. The molecule has 3 rings (SSSR count).